The molecule has 0 saturated carbocycles. The Morgan fingerprint density at radius 2 is 1.41 bits per heavy atom. The Hall–Kier alpha value is -6.06. The van der Waals surface area contributed by atoms with E-state index >= 15 is 4.79 Å². The molecule has 0 saturated heterocycles. The molecule has 0 atom stereocenters. The van der Waals surface area contributed by atoms with Crippen molar-refractivity contribution in [3.8, 4) is 11.5 Å². The summed E-state index contributed by atoms with van der Waals surface area (Å²) >= 11 is 0. The second-order valence-corrected chi connectivity index (χ2v) is 23.7. The van der Waals surface area contributed by atoms with Crippen molar-refractivity contribution in [1.82, 2.24) is 14.3 Å². The van der Waals surface area contributed by atoms with E-state index in [-0.39, 0.29) is 65.5 Å². The van der Waals surface area contributed by atoms with Crippen molar-refractivity contribution in [3.05, 3.63) is 117 Å². The summed E-state index contributed by atoms with van der Waals surface area (Å²) in [5, 5.41) is 3.35. The van der Waals surface area contributed by atoms with E-state index in [1.165, 1.54) is 81.1 Å². The predicted molar refractivity (Wildman–Crippen MR) is 320 cm³/mol. The SMILES string of the molecule is CCCCCCCCCCCCCCOC(=O)c1ccc(OC)c(NC(=O)C(=Nc2ccc(N(CC)CCNS(C)(=O)=O)cc2C)c2nc3ccccc3c(=O)n2CCCOc2ccc(C(C)(C)CC)cc2C(C)(C)CC)c1. The van der Waals surface area contributed by atoms with Crippen LogP contribution in [0.15, 0.2) is 88.6 Å². The van der Waals surface area contributed by atoms with Gasteiger partial charge in [-0.1, -0.05) is 143 Å². The smallest absolute Gasteiger partial charge is 0.338 e. The highest BCUT2D eigenvalue weighted by Gasteiger charge is 2.28. The lowest BCUT2D eigenvalue weighted by Crippen LogP contribution is -2.34. The molecule has 426 valence electrons. The van der Waals surface area contributed by atoms with Gasteiger partial charge in [-0.25, -0.2) is 27.9 Å². The normalized spacial score (nSPS) is 12.2. The first kappa shape index (κ1) is 62.8. The molecule has 14 nitrogen and oxygen atoms in total. The summed E-state index contributed by atoms with van der Waals surface area (Å²) in [4.78, 5) is 55.5. The number of fused-ring (bicyclic) bond motifs is 1. The number of benzene rings is 4. The number of methoxy groups -OCH3 is 1. The number of aromatic nitrogens is 2. The molecule has 78 heavy (non-hydrogen) atoms. The monoisotopic (exact) mass is 1090 g/mol. The molecule has 0 aliphatic rings. The van der Waals surface area contributed by atoms with Gasteiger partial charge in [0.2, 0.25) is 10.0 Å². The van der Waals surface area contributed by atoms with Gasteiger partial charge in [0.05, 0.1) is 54.4 Å². The van der Waals surface area contributed by atoms with E-state index in [1.807, 2.05) is 30.9 Å². The fraction of sp³-hybridized carbons (Fsp3) is 0.540. The highest BCUT2D eigenvalue weighted by Crippen LogP contribution is 2.39. The van der Waals surface area contributed by atoms with Gasteiger partial charge in [0.15, 0.2) is 11.5 Å². The van der Waals surface area contributed by atoms with Crippen LogP contribution in [0.25, 0.3) is 10.9 Å². The highest BCUT2D eigenvalue weighted by atomic mass is 32.2. The highest BCUT2D eigenvalue weighted by molar-refractivity contribution is 7.88. The molecule has 1 heterocycles. The molecule has 4 aromatic carbocycles. The summed E-state index contributed by atoms with van der Waals surface area (Å²) in [6.07, 6.45) is 17.8. The zero-order chi connectivity index (χ0) is 56.9. The Morgan fingerprint density at radius 1 is 0.756 bits per heavy atom. The Bertz CT molecular complexity index is 2970. The van der Waals surface area contributed by atoms with Crippen molar-refractivity contribution in [2.24, 2.45) is 4.99 Å². The van der Waals surface area contributed by atoms with Crippen LogP contribution in [0.4, 0.5) is 17.1 Å². The second-order valence-electron chi connectivity index (χ2n) is 21.9. The topological polar surface area (TPSA) is 171 Å². The molecule has 0 aliphatic carbocycles. The minimum atomic E-state index is -3.38. The molecule has 1 aromatic heterocycles. The molecule has 0 unspecified atom stereocenters. The molecule has 0 aliphatic heterocycles. The zero-order valence-corrected chi connectivity index (χ0v) is 49.6. The Labute approximate surface area is 466 Å². The number of nitrogens with zero attached hydrogens (tertiary/aromatic N) is 4. The number of aryl methyl sites for hydroxylation is 1. The van der Waals surface area contributed by atoms with Crippen LogP contribution in [-0.4, -0.2) is 81.8 Å². The fourth-order valence-corrected chi connectivity index (χ4v) is 9.85. The fourth-order valence-electron chi connectivity index (χ4n) is 9.39. The van der Waals surface area contributed by atoms with Gasteiger partial charge in [0.1, 0.15) is 11.5 Å². The van der Waals surface area contributed by atoms with Crippen molar-refractivity contribution in [3.63, 3.8) is 0 Å². The summed E-state index contributed by atoms with van der Waals surface area (Å²) < 4.78 is 45.8. The van der Waals surface area contributed by atoms with Crippen molar-refractivity contribution in [1.29, 1.82) is 0 Å². The Kier molecular flexibility index (Phi) is 24.4. The van der Waals surface area contributed by atoms with E-state index in [2.05, 4.69) is 76.7 Å². The number of likely N-dealkylation sites (N-methyl/N-ethyl adjacent to an activating group) is 1. The van der Waals surface area contributed by atoms with Gasteiger partial charge in [-0.2, -0.15) is 0 Å². The van der Waals surface area contributed by atoms with Gasteiger partial charge in [-0.3, -0.25) is 14.2 Å². The standard InChI is InChI=1S/C63H90N6O8S/c1-12-16-17-18-19-20-21-22-23-24-25-28-41-77-61(72)47-32-36-56(75-10)54(44-47)67-59(70)57(65-52-35-34-49(43-46(52)5)68(15-4)40-38-64-78(11,73)74)58-66-53-31-27-26-30-50(53)60(71)69(58)39-29-42-76-55-37-33-48(62(6,7)13-2)45-51(55)63(8,9)14-3/h26-27,30-37,43-45,64H,12-25,28-29,38-42H2,1-11H3,(H,67,70). The lowest BCUT2D eigenvalue weighted by atomic mass is 9.76. The molecule has 1 amide bonds. The minimum absolute atomic E-state index is 0.00961. The number of sulfonamides is 1. The Balaban J connectivity index is 1.47. The summed E-state index contributed by atoms with van der Waals surface area (Å²) in [5.74, 6) is -0.0942. The number of unbranched alkanes of at least 4 members (excludes halogenated alkanes) is 11. The predicted octanol–water partition coefficient (Wildman–Crippen LogP) is 13.6. The summed E-state index contributed by atoms with van der Waals surface area (Å²) in [6.45, 7) is 21.4. The van der Waals surface area contributed by atoms with E-state index in [1.54, 1.807) is 42.5 Å². The molecule has 0 fully saturated rings. The number of rotatable bonds is 34. The minimum Gasteiger partial charge on any atom is -0.495 e. The van der Waals surface area contributed by atoms with E-state index in [4.69, 9.17) is 24.2 Å². The van der Waals surface area contributed by atoms with E-state index in [9.17, 15) is 18.0 Å². The molecule has 0 bridgehead atoms. The second kappa shape index (κ2) is 30.3. The number of nitrogens with one attached hydrogen (secondary N) is 2. The van der Waals surface area contributed by atoms with Crippen LogP contribution < -0.4 is 30.0 Å². The molecule has 0 spiro atoms. The lowest BCUT2D eigenvalue weighted by Gasteiger charge is -2.30. The average molecular weight is 1090 g/mol. The summed E-state index contributed by atoms with van der Waals surface area (Å²) in [5.41, 5.74) is 4.51. The molecule has 0 radical (unpaired) electrons. The number of amides is 1. The number of aliphatic imine (C=N–C) groups is 1. The number of ether oxygens (including phenoxy) is 3. The first-order chi connectivity index (χ1) is 37.3. The van der Waals surface area contributed by atoms with Crippen LogP contribution in [0.5, 0.6) is 11.5 Å². The maximum Gasteiger partial charge on any atom is 0.338 e. The Morgan fingerprint density at radius 3 is 2.04 bits per heavy atom. The number of hydrogen-bond donors (Lipinski definition) is 2. The zero-order valence-electron chi connectivity index (χ0n) is 48.8. The van der Waals surface area contributed by atoms with Gasteiger partial charge in [-0.15, -0.1) is 0 Å². The van der Waals surface area contributed by atoms with Crippen LogP contribution in [0.2, 0.25) is 0 Å². The van der Waals surface area contributed by atoms with Gasteiger partial charge >= 0.3 is 5.97 Å². The number of carbonyl (C=O) groups is 2. The number of hydrogen-bond acceptors (Lipinski definition) is 11. The van der Waals surface area contributed by atoms with Gasteiger partial charge < -0.3 is 24.4 Å². The molecular weight excluding hydrogens is 1000 g/mol. The van der Waals surface area contributed by atoms with Crippen molar-refractivity contribution in [2.75, 3.05) is 56.4 Å². The summed E-state index contributed by atoms with van der Waals surface area (Å²) in [6, 6.07) is 23.8. The van der Waals surface area contributed by atoms with E-state index in [0.29, 0.717) is 47.4 Å². The average Bonchev–Trinajstić information content (AvgIpc) is 3.53. The first-order valence-electron chi connectivity index (χ1n) is 28.6. The summed E-state index contributed by atoms with van der Waals surface area (Å²) in [7, 11) is -1.90. The quantitative estimate of drug-likeness (QED) is 0.0230. The van der Waals surface area contributed by atoms with Crippen LogP contribution >= 0.6 is 0 Å². The first-order valence-corrected chi connectivity index (χ1v) is 30.5. The third-order valence-corrected chi connectivity index (χ3v) is 15.9. The van der Waals surface area contributed by atoms with Crippen LogP contribution in [0.1, 0.15) is 185 Å². The molecule has 2 N–H and O–H groups in total. The third-order valence-electron chi connectivity index (χ3n) is 15.1. The lowest BCUT2D eigenvalue weighted by molar-refractivity contribution is -0.110. The van der Waals surface area contributed by atoms with Crippen molar-refractivity contribution < 1.29 is 32.2 Å². The molecule has 5 rings (SSSR count). The van der Waals surface area contributed by atoms with Crippen LogP contribution in [0.3, 0.4) is 0 Å². The number of esters is 1. The van der Waals surface area contributed by atoms with Crippen LogP contribution in [-0.2, 0) is 36.9 Å². The van der Waals surface area contributed by atoms with E-state index in [0.717, 1.165) is 55.4 Å². The number of anilines is 2. The largest absolute Gasteiger partial charge is 0.495 e. The maximum absolute atomic E-state index is 15.1. The molecular formula is C63H90N6O8S. The van der Waals surface area contributed by atoms with Crippen molar-refractivity contribution in [2.45, 2.75) is 176 Å². The van der Waals surface area contributed by atoms with E-state index < -0.39 is 21.9 Å². The van der Waals surface area contributed by atoms with Crippen LogP contribution in [0, 0.1) is 6.92 Å². The third kappa shape index (κ3) is 18.3. The maximum atomic E-state index is 15.1. The molecule has 15 heteroatoms. The van der Waals surface area contributed by atoms with Crippen molar-refractivity contribution >= 4 is 55.6 Å². The van der Waals surface area contributed by atoms with Gasteiger partial charge in [-0.05, 0) is 116 Å². The number of para-hydroxylation sites is 1. The number of carbonyl (C=O) groups excluding carboxylic acids is 2. The van der Waals surface area contributed by atoms with Gasteiger partial charge in [0.25, 0.3) is 11.5 Å². The molecule has 5 aromatic rings. The van der Waals surface area contributed by atoms with Gasteiger partial charge in [0, 0.05) is 37.4 Å².